The number of nitrogens with zero attached hydrogens (tertiary/aromatic N) is 3. The van der Waals surface area contributed by atoms with Crippen LogP contribution in [0.5, 0.6) is 5.88 Å². The highest BCUT2D eigenvalue weighted by Crippen LogP contribution is 2.26. The van der Waals surface area contributed by atoms with Crippen LogP contribution < -0.4 is 4.74 Å². The number of fused-ring (bicyclic) bond motifs is 1. The van der Waals surface area contributed by atoms with E-state index in [-0.39, 0.29) is 24.6 Å². The van der Waals surface area contributed by atoms with E-state index in [0.29, 0.717) is 34.6 Å². The van der Waals surface area contributed by atoms with Crippen LogP contribution in [-0.2, 0) is 4.79 Å². The van der Waals surface area contributed by atoms with Gasteiger partial charge in [-0.1, -0.05) is 24.8 Å². The molecule has 1 aliphatic rings. The number of nitrogens with one attached hydrogen (secondary N) is 1. The number of ketones is 1. The Hall–Kier alpha value is -3.94. The first kappa shape index (κ1) is 19.4. The lowest BCUT2D eigenvalue weighted by Gasteiger charge is -2.36. The van der Waals surface area contributed by atoms with Crippen molar-refractivity contribution in [2.75, 3.05) is 26.7 Å². The zero-order chi connectivity index (χ0) is 21.3. The van der Waals surface area contributed by atoms with Crippen molar-refractivity contribution in [3.63, 3.8) is 0 Å². The van der Waals surface area contributed by atoms with Crippen molar-refractivity contribution < 1.29 is 19.1 Å². The lowest BCUT2D eigenvalue weighted by molar-refractivity contribution is -0.125. The van der Waals surface area contributed by atoms with Crippen LogP contribution in [-0.4, -0.2) is 64.1 Å². The van der Waals surface area contributed by atoms with Gasteiger partial charge in [-0.05, 0) is 18.2 Å². The Morgan fingerprint density at radius 1 is 1.13 bits per heavy atom. The van der Waals surface area contributed by atoms with E-state index in [1.54, 1.807) is 35.2 Å². The molecule has 0 spiro atoms. The Morgan fingerprint density at radius 3 is 2.60 bits per heavy atom. The van der Waals surface area contributed by atoms with E-state index in [9.17, 15) is 14.4 Å². The van der Waals surface area contributed by atoms with Crippen LogP contribution in [0.4, 0.5) is 0 Å². The third-order valence-electron chi connectivity index (χ3n) is 5.10. The number of carbonyl (C=O) groups is 3. The summed E-state index contributed by atoms with van der Waals surface area (Å²) in [5.41, 5.74) is 1.77. The summed E-state index contributed by atoms with van der Waals surface area (Å²) < 4.78 is 5.18. The number of pyridine rings is 1. The molecule has 0 saturated carbocycles. The monoisotopic (exact) mass is 404 g/mol. The van der Waals surface area contributed by atoms with Crippen LogP contribution in [0, 0.1) is 0 Å². The highest BCUT2D eigenvalue weighted by Gasteiger charge is 2.32. The van der Waals surface area contributed by atoms with Crippen LogP contribution in [0.1, 0.15) is 20.7 Å². The van der Waals surface area contributed by atoms with Crippen LogP contribution in [0.25, 0.3) is 10.9 Å². The number of ether oxygens (including phenoxy) is 1. The smallest absolute Gasteiger partial charge is 0.299 e. The van der Waals surface area contributed by atoms with Gasteiger partial charge in [0.1, 0.15) is 5.52 Å². The number of H-pyrrole nitrogens is 1. The summed E-state index contributed by atoms with van der Waals surface area (Å²) in [5, 5.41) is 0.559. The number of amides is 2. The molecule has 1 fully saturated rings. The summed E-state index contributed by atoms with van der Waals surface area (Å²) in [6, 6.07) is 10.6. The quantitative estimate of drug-likeness (QED) is 0.532. The summed E-state index contributed by atoms with van der Waals surface area (Å²) in [6.45, 7) is 4.62. The second-order valence-electron chi connectivity index (χ2n) is 6.89. The normalized spacial score (nSPS) is 14.1. The standard InChI is InChI=1S/C22H20N4O4/c1-14-13-25(21(28)15-6-4-3-5-7-15)10-11-26(14)22(29)19(27)17-12-24-18-16(17)8-9-23-20(18)30-2/h3-9,12,24H,1,10-11,13H2,2H3. The molecule has 1 N–H and O–H groups in total. The summed E-state index contributed by atoms with van der Waals surface area (Å²) in [7, 11) is 1.48. The van der Waals surface area contributed by atoms with Crippen molar-refractivity contribution in [3.8, 4) is 5.88 Å². The van der Waals surface area contributed by atoms with Gasteiger partial charge in [0, 0.05) is 42.1 Å². The number of piperazine rings is 1. The summed E-state index contributed by atoms with van der Waals surface area (Å²) in [5.74, 6) is -1.12. The number of Topliss-reactive ketones (excluding diaryl/α,β-unsaturated/α-hetero) is 1. The van der Waals surface area contributed by atoms with Crippen molar-refractivity contribution in [1.82, 2.24) is 19.8 Å². The van der Waals surface area contributed by atoms with Gasteiger partial charge in [-0.2, -0.15) is 0 Å². The lowest BCUT2D eigenvalue weighted by atomic mass is 10.1. The van der Waals surface area contributed by atoms with Crippen LogP contribution >= 0.6 is 0 Å². The third-order valence-corrected chi connectivity index (χ3v) is 5.10. The molecule has 8 nitrogen and oxygen atoms in total. The molecule has 0 unspecified atom stereocenters. The first-order valence-corrected chi connectivity index (χ1v) is 9.39. The second kappa shape index (κ2) is 7.82. The Bertz CT molecular complexity index is 1150. The van der Waals surface area contributed by atoms with Crippen LogP contribution in [0.3, 0.4) is 0 Å². The molecular weight excluding hydrogens is 384 g/mol. The molecule has 30 heavy (non-hydrogen) atoms. The van der Waals surface area contributed by atoms with Crippen molar-refractivity contribution >= 4 is 28.5 Å². The largest absolute Gasteiger partial charge is 0.479 e. The van der Waals surface area contributed by atoms with Gasteiger partial charge >= 0.3 is 0 Å². The molecule has 0 radical (unpaired) electrons. The zero-order valence-corrected chi connectivity index (χ0v) is 16.4. The first-order valence-electron chi connectivity index (χ1n) is 9.39. The van der Waals surface area contributed by atoms with E-state index in [1.807, 2.05) is 6.07 Å². The number of hydrogen-bond donors (Lipinski definition) is 1. The lowest BCUT2D eigenvalue weighted by Crippen LogP contribution is -2.50. The molecule has 0 aliphatic carbocycles. The fourth-order valence-corrected chi connectivity index (χ4v) is 3.55. The van der Waals surface area contributed by atoms with Crippen LogP contribution in [0.2, 0.25) is 0 Å². The minimum absolute atomic E-state index is 0.133. The molecule has 1 aliphatic heterocycles. The van der Waals surface area contributed by atoms with Crippen molar-refractivity contribution in [1.29, 1.82) is 0 Å². The fourth-order valence-electron chi connectivity index (χ4n) is 3.55. The molecule has 1 saturated heterocycles. The predicted octanol–water partition coefficient (Wildman–Crippen LogP) is 2.25. The highest BCUT2D eigenvalue weighted by atomic mass is 16.5. The number of hydrogen-bond acceptors (Lipinski definition) is 5. The molecule has 0 atom stereocenters. The van der Waals surface area contributed by atoms with E-state index < -0.39 is 11.7 Å². The molecule has 8 heteroatoms. The average molecular weight is 404 g/mol. The maximum Gasteiger partial charge on any atom is 0.299 e. The van der Waals surface area contributed by atoms with Gasteiger partial charge < -0.3 is 19.5 Å². The summed E-state index contributed by atoms with van der Waals surface area (Å²) in [4.78, 5) is 48.4. The third kappa shape index (κ3) is 3.32. The molecule has 2 aromatic heterocycles. The van der Waals surface area contributed by atoms with Gasteiger partial charge in [-0.3, -0.25) is 14.4 Å². The maximum absolute atomic E-state index is 12.9. The maximum atomic E-state index is 12.9. The van der Waals surface area contributed by atoms with Crippen molar-refractivity contribution in [2.45, 2.75) is 0 Å². The topological polar surface area (TPSA) is 95.6 Å². The summed E-state index contributed by atoms with van der Waals surface area (Å²) in [6.07, 6.45) is 3.00. The number of methoxy groups -OCH3 is 1. The highest BCUT2D eigenvalue weighted by molar-refractivity contribution is 6.45. The van der Waals surface area contributed by atoms with Gasteiger partial charge in [-0.25, -0.2) is 4.98 Å². The van der Waals surface area contributed by atoms with Gasteiger partial charge in [0.15, 0.2) is 0 Å². The number of aromatic amines is 1. The summed E-state index contributed by atoms with van der Waals surface area (Å²) >= 11 is 0. The Kier molecular flexibility index (Phi) is 5.05. The molecular formula is C22H20N4O4. The number of aromatic nitrogens is 2. The number of rotatable bonds is 4. The molecule has 3 aromatic rings. The molecule has 2 amide bonds. The SMILES string of the molecule is C=C1CN(C(=O)c2ccccc2)CCN1C(=O)C(=O)c1c[nH]c2c(OC)nccc12. The molecule has 3 heterocycles. The van der Waals surface area contributed by atoms with Gasteiger partial charge in [0.2, 0.25) is 5.88 Å². The van der Waals surface area contributed by atoms with E-state index in [0.717, 1.165) is 0 Å². The predicted molar refractivity (Wildman–Crippen MR) is 110 cm³/mol. The Morgan fingerprint density at radius 2 is 1.90 bits per heavy atom. The van der Waals surface area contributed by atoms with E-state index in [4.69, 9.17) is 4.74 Å². The molecule has 152 valence electrons. The fraction of sp³-hybridized carbons (Fsp3) is 0.182. The second-order valence-corrected chi connectivity index (χ2v) is 6.89. The van der Waals surface area contributed by atoms with Crippen molar-refractivity contribution in [2.24, 2.45) is 0 Å². The zero-order valence-electron chi connectivity index (χ0n) is 16.4. The average Bonchev–Trinajstić information content (AvgIpc) is 3.22. The van der Waals surface area contributed by atoms with Gasteiger partial charge in [-0.15, -0.1) is 0 Å². The first-order chi connectivity index (χ1) is 14.5. The minimum Gasteiger partial charge on any atom is -0.479 e. The Balaban J connectivity index is 1.50. The number of carbonyl (C=O) groups excluding carboxylic acids is 3. The number of benzene rings is 1. The minimum atomic E-state index is -0.677. The molecule has 1 aromatic carbocycles. The van der Waals surface area contributed by atoms with E-state index in [1.165, 1.54) is 24.4 Å². The van der Waals surface area contributed by atoms with Gasteiger partial charge in [0.05, 0.1) is 19.2 Å². The van der Waals surface area contributed by atoms with Crippen LogP contribution in [0.15, 0.2) is 61.1 Å². The Labute approximate surface area is 172 Å². The van der Waals surface area contributed by atoms with Gasteiger partial charge in [0.25, 0.3) is 17.6 Å². The molecule has 4 rings (SSSR count). The van der Waals surface area contributed by atoms with E-state index >= 15 is 0 Å². The van der Waals surface area contributed by atoms with Crippen molar-refractivity contribution in [3.05, 3.63) is 72.2 Å². The molecule has 0 bridgehead atoms. The van der Waals surface area contributed by atoms with E-state index in [2.05, 4.69) is 16.5 Å².